The second kappa shape index (κ2) is 8.31. The zero-order valence-corrected chi connectivity index (χ0v) is 16.0. The molecule has 0 aliphatic heterocycles. The van der Waals surface area contributed by atoms with E-state index in [0.29, 0.717) is 18.0 Å². The minimum atomic E-state index is -0.281. The van der Waals surface area contributed by atoms with Crippen LogP contribution < -0.4 is 5.32 Å². The first kappa shape index (κ1) is 18.3. The normalized spacial score (nSPS) is 10.9. The van der Waals surface area contributed by atoms with Gasteiger partial charge in [0.05, 0.1) is 0 Å². The standard InChI is InChI=1S/C23H19FN2OS/c24-20-7-3-4-16(13-20)9-11-22(27)26-23-25-15-21(28-23)14-17-8-10-18-5-1-2-6-19(18)12-17/h1-8,10,12-13,15H,9,11,14H2,(H,25,26,27). The number of benzene rings is 3. The molecule has 1 N–H and O–H groups in total. The predicted octanol–water partition coefficient (Wildman–Crippen LogP) is 5.60. The average Bonchev–Trinajstić information content (AvgIpc) is 3.13. The number of thiazole rings is 1. The van der Waals surface area contributed by atoms with Crippen molar-refractivity contribution in [2.45, 2.75) is 19.3 Å². The van der Waals surface area contributed by atoms with Gasteiger partial charge in [-0.25, -0.2) is 9.37 Å². The SMILES string of the molecule is O=C(CCc1cccc(F)c1)Nc1ncc(Cc2ccc3ccccc3c2)s1. The molecule has 1 amide bonds. The number of hydrogen-bond donors (Lipinski definition) is 1. The van der Waals surface area contributed by atoms with E-state index >= 15 is 0 Å². The molecule has 1 aromatic heterocycles. The zero-order valence-electron chi connectivity index (χ0n) is 15.2. The Labute approximate surface area is 166 Å². The van der Waals surface area contributed by atoms with Crippen molar-refractivity contribution in [1.29, 1.82) is 0 Å². The molecule has 1 heterocycles. The maximum Gasteiger partial charge on any atom is 0.226 e. The minimum Gasteiger partial charge on any atom is -0.302 e. The Morgan fingerprint density at radius 3 is 2.68 bits per heavy atom. The number of carbonyl (C=O) groups excluding carboxylic acids is 1. The van der Waals surface area contributed by atoms with E-state index in [1.165, 1.54) is 39.8 Å². The number of halogens is 1. The van der Waals surface area contributed by atoms with Gasteiger partial charge in [0.25, 0.3) is 0 Å². The van der Waals surface area contributed by atoms with Gasteiger partial charge in [-0.15, -0.1) is 11.3 Å². The van der Waals surface area contributed by atoms with E-state index in [9.17, 15) is 9.18 Å². The lowest BCUT2D eigenvalue weighted by Crippen LogP contribution is -2.12. The molecule has 0 atom stereocenters. The second-order valence-corrected chi connectivity index (χ2v) is 7.78. The number of carbonyl (C=O) groups is 1. The summed E-state index contributed by atoms with van der Waals surface area (Å²) in [5.74, 6) is -0.396. The Bertz CT molecular complexity index is 1120. The maximum atomic E-state index is 13.2. The number of rotatable bonds is 6. The quantitative estimate of drug-likeness (QED) is 0.466. The van der Waals surface area contributed by atoms with Crippen molar-refractivity contribution in [3.8, 4) is 0 Å². The maximum absolute atomic E-state index is 13.2. The molecule has 3 nitrogen and oxygen atoms in total. The third kappa shape index (κ3) is 4.61. The molecule has 0 fully saturated rings. The number of amides is 1. The Hall–Kier alpha value is -3.05. The van der Waals surface area contributed by atoms with Gasteiger partial charge in [0.2, 0.25) is 5.91 Å². The molecular formula is C23H19FN2OS. The number of nitrogens with one attached hydrogen (secondary N) is 1. The molecule has 140 valence electrons. The Balaban J connectivity index is 1.35. The zero-order chi connectivity index (χ0) is 19.3. The van der Waals surface area contributed by atoms with Crippen molar-refractivity contribution >= 4 is 33.1 Å². The van der Waals surface area contributed by atoms with Gasteiger partial charge in [-0.1, -0.05) is 54.6 Å². The summed E-state index contributed by atoms with van der Waals surface area (Å²) in [6.07, 6.45) is 3.38. The number of nitrogens with zero attached hydrogens (tertiary/aromatic N) is 1. The summed E-state index contributed by atoms with van der Waals surface area (Å²) in [5, 5.41) is 5.88. The van der Waals surface area contributed by atoms with Crippen LogP contribution >= 0.6 is 11.3 Å². The smallest absolute Gasteiger partial charge is 0.226 e. The first-order chi connectivity index (χ1) is 13.7. The van der Waals surface area contributed by atoms with Crippen molar-refractivity contribution < 1.29 is 9.18 Å². The van der Waals surface area contributed by atoms with Gasteiger partial charge in [0.1, 0.15) is 5.82 Å². The van der Waals surface area contributed by atoms with Gasteiger partial charge in [-0.3, -0.25) is 4.79 Å². The predicted molar refractivity (Wildman–Crippen MR) is 112 cm³/mol. The van der Waals surface area contributed by atoms with Crippen LogP contribution in [0.1, 0.15) is 22.4 Å². The van der Waals surface area contributed by atoms with Crippen LogP contribution in [0.15, 0.2) is 72.9 Å². The molecule has 4 aromatic rings. The molecular weight excluding hydrogens is 371 g/mol. The van der Waals surface area contributed by atoms with E-state index in [1.54, 1.807) is 6.07 Å². The molecule has 0 spiro atoms. The van der Waals surface area contributed by atoms with Crippen LogP contribution in [-0.4, -0.2) is 10.9 Å². The topological polar surface area (TPSA) is 42.0 Å². The fourth-order valence-corrected chi connectivity index (χ4v) is 3.99. The number of aryl methyl sites for hydroxylation is 1. The van der Waals surface area contributed by atoms with E-state index in [2.05, 4.69) is 40.6 Å². The Morgan fingerprint density at radius 1 is 0.964 bits per heavy atom. The summed E-state index contributed by atoms with van der Waals surface area (Å²) in [6, 6.07) is 21.1. The molecule has 0 saturated carbocycles. The van der Waals surface area contributed by atoms with Crippen molar-refractivity contribution in [3.05, 3.63) is 94.7 Å². The van der Waals surface area contributed by atoms with Gasteiger partial charge in [-0.05, 0) is 40.5 Å². The minimum absolute atomic E-state index is 0.115. The Kier molecular flexibility index (Phi) is 5.44. The van der Waals surface area contributed by atoms with E-state index in [1.807, 2.05) is 24.4 Å². The van der Waals surface area contributed by atoms with Crippen LogP contribution in [0, 0.1) is 5.82 Å². The number of fused-ring (bicyclic) bond motifs is 1. The molecule has 0 bridgehead atoms. The van der Waals surface area contributed by atoms with Gasteiger partial charge in [-0.2, -0.15) is 0 Å². The van der Waals surface area contributed by atoms with Crippen LogP contribution in [0.25, 0.3) is 10.8 Å². The summed E-state index contributed by atoms with van der Waals surface area (Å²) in [4.78, 5) is 17.6. The number of aromatic nitrogens is 1. The third-order valence-corrected chi connectivity index (χ3v) is 5.43. The fourth-order valence-electron chi connectivity index (χ4n) is 3.13. The van der Waals surface area contributed by atoms with Crippen molar-refractivity contribution in [2.75, 3.05) is 5.32 Å². The molecule has 0 aliphatic rings. The van der Waals surface area contributed by atoms with Crippen LogP contribution in [0.4, 0.5) is 9.52 Å². The molecule has 5 heteroatoms. The molecule has 0 radical (unpaired) electrons. The second-order valence-electron chi connectivity index (χ2n) is 6.67. The first-order valence-corrected chi connectivity index (χ1v) is 9.94. The van der Waals surface area contributed by atoms with Crippen molar-refractivity contribution in [3.63, 3.8) is 0 Å². The lowest BCUT2D eigenvalue weighted by molar-refractivity contribution is -0.116. The third-order valence-electron chi connectivity index (χ3n) is 4.52. The van der Waals surface area contributed by atoms with Crippen molar-refractivity contribution in [1.82, 2.24) is 4.98 Å². The molecule has 3 aromatic carbocycles. The Morgan fingerprint density at radius 2 is 1.82 bits per heavy atom. The summed E-state index contributed by atoms with van der Waals surface area (Å²) < 4.78 is 13.2. The summed E-state index contributed by atoms with van der Waals surface area (Å²) >= 11 is 1.48. The average molecular weight is 390 g/mol. The lowest BCUT2D eigenvalue weighted by atomic mass is 10.0. The molecule has 0 saturated heterocycles. The summed E-state index contributed by atoms with van der Waals surface area (Å²) in [7, 11) is 0. The highest BCUT2D eigenvalue weighted by atomic mass is 32.1. The van der Waals surface area contributed by atoms with E-state index in [0.717, 1.165) is 16.9 Å². The largest absolute Gasteiger partial charge is 0.302 e. The molecule has 28 heavy (non-hydrogen) atoms. The summed E-state index contributed by atoms with van der Waals surface area (Å²) in [6.45, 7) is 0. The lowest BCUT2D eigenvalue weighted by Gasteiger charge is -2.03. The first-order valence-electron chi connectivity index (χ1n) is 9.12. The van der Waals surface area contributed by atoms with E-state index in [-0.39, 0.29) is 11.7 Å². The highest BCUT2D eigenvalue weighted by molar-refractivity contribution is 7.15. The number of anilines is 1. The number of hydrogen-bond acceptors (Lipinski definition) is 3. The van der Waals surface area contributed by atoms with Gasteiger partial charge in [0, 0.05) is 23.9 Å². The summed E-state index contributed by atoms with van der Waals surface area (Å²) in [5.41, 5.74) is 2.03. The van der Waals surface area contributed by atoms with Crippen LogP contribution in [0.2, 0.25) is 0 Å². The van der Waals surface area contributed by atoms with Gasteiger partial charge in [0.15, 0.2) is 5.13 Å². The highest BCUT2D eigenvalue weighted by Crippen LogP contribution is 2.23. The highest BCUT2D eigenvalue weighted by Gasteiger charge is 2.08. The van der Waals surface area contributed by atoms with Crippen LogP contribution in [0.3, 0.4) is 0 Å². The van der Waals surface area contributed by atoms with E-state index < -0.39 is 0 Å². The van der Waals surface area contributed by atoms with Crippen molar-refractivity contribution in [2.24, 2.45) is 0 Å². The molecule has 4 rings (SSSR count). The van der Waals surface area contributed by atoms with Gasteiger partial charge < -0.3 is 5.32 Å². The van der Waals surface area contributed by atoms with Crippen LogP contribution in [0.5, 0.6) is 0 Å². The fraction of sp³-hybridized carbons (Fsp3) is 0.130. The van der Waals surface area contributed by atoms with E-state index in [4.69, 9.17) is 0 Å². The molecule has 0 unspecified atom stereocenters. The van der Waals surface area contributed by atoms with Crippen LogP contribution in [-0.2, 0) is 17.6 Å². The monoisotopic (exact) mass is 390 g/mol. The molecule has 0 aliphatic carbocycles. The van der Waals surface area contributed by atoms with Gasteiger partial charge >= 0.3 is 0 Å².